The Morgan fingerprint density at radius 3 is 2.70 bits per heavy atom. The highest BCUT2D eigenvalue weighted by atomic mass is 32.2. The molecule has 0 spiro atoms. The maximum Gasteiger partial charge on any atom is 0.119 e. The summed E-state index contributed by atoms with van der Waals surface area (Å²) >= 11 is 1.73. The number of hydrogen-bond donors (Lipinski definition) is 0. The second-order valence-electron chi connectivity index (χ2n) is 5.09. The van der Waals surface area contributed by atoms with E-state index < -0.39 is 10.8 Å². The lowest BCUT2D eigenvalue weighted by molar-refractivity contribution is 0.168. The van der Waals surface area contributed by atoms with Crippen LogP contribution in [-0.4, -0.2) is 52.1 Å². The van der Waals surface area contributed by atoms with E-state index in [1.54, 1.807) is 11.8 Å². The lowest BCUT2D eigenvalue weighted by atomic mass is 10.2. The van der Waals surface area contributed by atoms with Crippen LogP contribution in [0, 0.1) is 0 Å². The smallest absolute Gasteiger partial charge is 0.119 e. The Kier molecular flexibility index (Phi) is 5.93. The van der Waals surface area contributed by atoms with E-state index in [1.165, 1.54) is 4.90 Å². The lowest BCUT2D eigenvalue weighted by Crippen LogP contribution is -2.50. The molecule has 1 aliphatic rings. The van der Waals surface area contributed by atoms with Crippen LogP contribution in [0.3, 0.4) is 0 Å². The van der Waals surface area contributed by atoms with Crippen molar-refractivity contribution in [2.24, 2.45) is 0 Å². The number of ether oxygens (including phenoxy) is 1. The Labute approximate surface area is 128 Å². The van der Waals surface area contributed by atoms with Crippen LogP contribution in [-0.2, 0) is 10.8 Å². The molecule has 0 radical (unpaired) electrons. The Balaban J connectivity index is 1.79. The van der Waals surface area contributed by atoms with Crippen molar-refractivity contribution in [2.45, 2.75) is 30.0 Å². The first-order chi connectivity index (χ1) is 9.61. The van der Waals surface area contributed by atoms with Gasteiger partial charge in [-0.1, -0.05) is 0 Å². The molecule has 2 rings (SSSR count). The Bertz CT molecular complexity index is 450. The first-order valence-electron chi connectivity index (χ1n) is 7.00. The molecular formula is C15H23NO2S2. The summed E-state index contributed by atoms with van der Waals surface area (Å²) in [5.74, 6) is 1.71. The van der Waals surface area contributed by atoms with Crippen LogP contribution >= 0.6 is 11.8 Å². The SMILES string of the molecule is CSc1ccc(OCCN2CC[S@](=O)[C@@H](C)[C@H]2C)cc1. The fourth-order valence-corrected chi connectivity index (χ4v) is 4.19. The van der Waals surface area contributed by atoms with Crippen LogP contribution in [0.1, 0.15) is 13.8 Å². The summed E-state index contributed by atoms with van der Waals surface area (Å²) in [5, 5.41) is 0.254. The minimum atomic E-state index is -0.666. The van der Waals surface area contributed by atoms with Crippen LogP contribution in [0.15, 0.2) is 29.2 Å². The van der Waals surface area contributed by atoms with E-state index in [2.05, 4.69) is 37.1 Å². The molecule has 1 saturated heterocycles. The van der Waals surface area contributed by atoms with Gasteiger partial charge in [0.05, 0.1) is 0 Å². The molecule has 0 bridgehead atoms. The van der Waals surface area contributed by atoms with Gasteiger partial charge in [0.2, 0.25) is 0 Å². The molecule has 1 aromatic carbocycles. The Morgan fingerprint density at radius 1 is 1.35 bits per heavy atom. The first-order valence-corrected chi connectivity index (χ1v) is 9.60. The van der Waals surface area contributed by atoms with Gasteiger partial charge in [-0.3, -0.25) is 9.11 Å². The summed E-state index contributed by atoms with van der Waals surface area (Å²) in [6.07, 6.45) is 2.07. The van der Waals surface area contributed by atoms with E-state index in [0.29, 0.717) is 12.6 Å². The highest BCUT2D eigenvalue weighted by molar-refractivity contribution is 7.98. The predicted molar refractivity (Wildman–Crippen MR) is 87.2 cm³/mol. The molecule has 0 aromatic heterocycles. The van der Waals surface area contributed by atoms with E-state index in [9.17, 15) is 4.21 Å². The molecule has 0 unspecified atom stereocenters. The third-order valence-corrected chi connectivity index (χ3v) is 6.51. The molecule has 3 atom stereocenters. The van der Waals surface area contributed by atoms with Crippen molar-refractivity contribution in [1.82, 2.24) is 4.90 Å². The minimum absolute atomic E-state index is 0.254. The van der Waals surface area contributed by atoms with Gasteiger partial charge in [0.25, 0.3) is 0 Å². The largest absolute Gasteiger partial charge is 0.492 e. The molecule has 3 nitrogen and oxygen atoms in total. The highest BCUT2D eigenvalue weighted by Crippen LogP contribution is 2.19. The van der Waals surface area contributed by atoms with Gasteiger partial charge in [0, 0.05) is 45.8 Å². The van der Waals surface area contributed by atoms with Crippen LogP contribution in [0.4, 0.5) is 0 Å². The van der Waals surface area contributed by atoms with Gasteiger partial charge >= 0.3 is 0 Å². The molecule has 0 N–H and O–H groups in total. The van der Waals surface area contributed by atoms with Gasteiger partial charge in [-0.15, -0.1) is 11.8 Å². The normalized spacial score (nSPS) is 27.4. The second-order valence-corrected chi connectivity index (χ2v) is 7.88. The predicted octanol–water partition coefficient (Wildman–Crippen LogP) is 2.63. The quantitative estimate of drug-likeness (QED) is 0.782. The van der Waals surface area contributed by atoms with Crippen molar-refractivity contribution in [2.75, 3.05) is 31.7 Å². The number of thioether (sulfide) groups is 1. The highest BCUT2D eigenvalue weighted by Gasteiger charge is 2.29. The van der Waals surface area contributed by atoms with E-state index >= 15 is 0 Å². The lowest BCUT2D eigenvalue weighted by Gasteiger charge is -2.37. The van der Waals surface area contributed by atoms with Crippen LogP contribution in [0.2, 0.25) is 0 Å². The molecular weight excluding hydrogens is 290 g/mol. The summed E-state index contributed by atoms with van der Waals surface area (Å²) in [6, 6.07) is 8.56. The second kappa shape index (κ2) is 7.48. The van der Waals surface area contributed by atoms with Gasteiger partial charge in [0.15, 0.2) is 0 Å². The summed E-state index contributed by atoms with van der Waals surface area (Å²) in [5.41, 5.74) is 0. The van der Waals surface area contributed by atoms with Gasteiger partial charge in [0.1, 0.15) is 12.4 Å². The first kappa shape index (κ1) is 15.9. The summed E-state index contributed by atoms with van der Waals surface area (Å²) in [6.45, 7) is 6.73. The number of rotatable bonds is 5. The number of benzene rings is 1. The van der Waals surface area contributed by atoms with E-state index in [0.717, 1.165) is 24.6 Å². The fraction of sp³-hybridized carbons (Fsp3) is 0.600. The van der Waals surface area contributed by atoms with Crippen molar-refractivity contribution in [3.63, 3.8) is 0 Å². The van der Waals surface area contributed by atoms with Crippen LogP contribution in [0.25, 0.3) is 0 Å². The summed E-state index contributed by atoms with van der Waals surface area (Å²) in [4.78, 5) is 3.63. The zero-order valence-electron chi connectivity index (χ0n) is 12.4. The third kappa shape index (κ3) is 3.99. The average molecular weight is 313 g/mol. The average Bonchev–Trinajstić information content (AvgIpc) is 2.48. The van der Waals surface area contributed by atoms with E-state index in [-0.39, 0.29) is 5.25 Å². The van der Waals surface area contributed by atoms with Gasteiger partial charge in [-0.05, 0) is 44.4 Å². The number of hydrogen-bond acceptors (Lipinski definition) is 4. The molecule has 1 aromatic rings. The standard InChI is InChI=1S/C15H23NO2S2/c1-12-13(2)20(17)11-9-16(12)8-10-18-14-4-6-15(19-3)7-5-14/h4-7,12-13H,8-11H2,1-3H3/t12-,13+,20+/m1/s1. The van der Waals surface area contributed by atoms with Crippen LogP contribution in [0.5, 0.6) is 5.75 Å². The van der Waals surface area contributed by atoms with Crippen molar-refractivity contribution in [3.8, 4) is 5.75 Å². The molecule has 0 aliphatic carbocycles. The summed E-state index contributed by atoms with van der Waals surface area (Å²) < 4.78 is 17.5. The van der Waals surface area contributed by atoms with Gasteiger partial charge in [-0.2, -0.15) is 0 Å². The molecule has 20 heavy (non-hydrogen) atoms. The van der Waals surface area contributed by atoms with Gasteiger partial charge < -0.3 is 4.74 Å². The molecule has 1 heterocycles. The zero-order valence-corrected chi connectivity index (χ0v) is 14.0. The topological polar surface area (TPSA) is 29.5 Å². The van der Waals surface area contributed by atoms with Crippen molar-refractivity contribution < 1.29 is 8.95 Å². The van der Waals surface area contributed by atoms with Crippen molar-refractivity contribution in [1.29, 1.82) is 0 Å². The fourth-order valence-electron chi connectivity index (χ4n) is 2.38. The molecule has 112 valence electrons. The maximum absolute atomic E-state index is 11.8. The molecule has 0 amide bonds. The zero-order chi connectivity index (χ0) is 14.5. The van der Waals surface area contributed by atoms with E-state index in [4.69, 9.17) is 4.74 Å². The molecule has 0 saturated carbocycles. The van der Waals surface area contributed by atoms with Crippen molar-refractivity contribution in [3.05, 3.63) is 24.3 Å². The van der Waals surface area contributed by atoms with Crippen molar-refractivity contribution >= 4 is 22.6 Å². The Hall–Kier alpha value is -0.520. The maximum atomic E-state index is 11.8. The minimum Gasteiger partial charge on any atom is -0.492 e. The van der Waals surface area contributed by atoms with Crippen LogP contribution < -0.4 is 4.74 Å². The third-order valence-electron chi connectivity index (χ3n) is 3.96. The monoisotopic (exact) mass is 313 g/mol. The molecule has 5 heteroatoms. The van der Waals surface area contributed by atoms with E-state index in [1.807, 2.05) is 12.1 Å². The molecule has 1 fully saturated rings. The molecule has 1 aliphatic heterocycles. The summed E-state index contributed by atoms with van der Waals surface area (Å²) in [7, 11) is -0.666. The Morgan fingerprint density at radius 2 is 2.05 bits per heavy atom. The van der Waals surface area contributed by atoms with Gasteiger partial charge in [-0.25, -0.2) is 0 Å². The number of nitrogens with zero attached hydrogens (tertiary/aromatic N) is 1.